The van der Waals surface area contributed by atoms with Crippen LogP contribution in [-0.4, -0.2) is 39.4 Å². The van der Waals surface area contributed by atoms with Crippen LogP contribution in [0.5, 0.6) is 5.88 Å². The smallest absolute Gasteiger partial charge is 0.250 e. The molecule has 4 atom stereocenters. The Balaban J connectivity index is 1.53. The summed E-state index contributed by atoms with van der Waals surface area (Å²) in [5.74, 6) is 8.67. The van der Waals surface area contributed by atoms with Gasteiger partial charge in [0, 0.05) is 30.5 Å². The Hall–Kier alpha value is -1.90. The third-order valence-corrected chi connectivity index (χ3v) is 5.90. The highest BCUT2D eigenvalue weighted by Gasteiger charge is 2.39. The van der Waals surface area contributed by atoms with Gasteiger partial charge >= 0.3 is 0 Å². The lowest BCUT2D eigenvalue weighted by Crippen LogP contribution is -2.25. The van der Waals surface area contributed by atoms with E-state index in [1.807, 2.05) is 30.3 Å². The van der Waals surface area contributed by atoms with Gasteiger partial charge in [0.15, 0.2) is 6.10 Å². The minimum absolute atomic E-state index is 0.182. The molecule has 1 aromatic heterocycles. The summed E-state index contributed by atoms with van der Waals surface area (Å²) in [5, 5.41) is 0. The van der Waals surface area contributed by atoms with Crippen molar-refractivity contribution in [2.75, 3.05) is 19.6 Å². The predicted octanol–water partition coefficient (Wildman–Crippen LogP) is 3.80. The second-order valence-electron chi connectivity index (χ2n) is 7.64. The quantitative estimate of drug-likeness (QED) is 0.771. The van der Waals surface area contributed by atoms with Crippen molar-refractivity contribution < 1.29 is 4.74 Å². The summed E-state index contributed by atoms with van der Waals surface area (Å²) in [6.45, 7) is 7.78. The molecular weight excluding hydrogens is 342 g/mol. The van der Waals surface area contributed by atoms with Crippen LogP contribution >= 0.6 is 11.7 Å². The summed E-state index contributed by atoms with van der Waals surface area (Å²) in [5.41, 5.74) is 2.06. The predicted molar refractivity (Wildman–Crippen MR) is 104 cm³/mol. The molecule has 0 radical (unpaired) electrons. The van der Waals surface area contributed by atoms with E-state index in [4.69, 9.17) is 4.74 Å². The number of benzene rings is 1. The van der Waals surface area contributed by atoms with E-state index in [9.17, 15) is 0 Å². The molecule has 3 heterocycles. The molecule has 1 unspecified atom stereocenters. The lowest BCUT2D eigenvalue weighted by molar-refractivity contribution is 0.196. The fourth-order valence-electron chi connectivity index (χ4n) is 3.95. The van der Waals surface area contributed by atoms with Gasteiger partial charge in [0.05, 0.1) is 11.7 Å². The molecule has 4 nitrogen and oxygen atoms in total. The lowest BCUT2D eigenvalue weighted by atomic mass is 9.89. The third kappa shape index (κ3) is 3.77. The first-order valence-electron chi connectivity index (χ1n) is 9.49. The van der Waals surface area contributed by atoms with Crippen LogP contribution in [-0.2, 0) is 0 Å². The molecule has 2 saturated heterocycles. The van der Waals surface area contributed by atoms with Gasteiger partial charge in [-0.25, -0.2) is 0 Å². The second kappa shape index (κ2) is 7.77. The van der Waals surface area contributed by atoms with Crippen LogP contribution in [0, 0.1) is 23.7 Å². The van der Waals surface area contributed by atoms with Gasteiger partial charge in [0.2, 0.25) is 0 Å². The van der Waals surface area contributed by atoms with Crippen molar-refractivity contribution in [3.05, 3.63) is 41.6 Å². The van der Waals surface area contributed by atoms with E-state index in [-0.39, 0.29) is 12.0 Å². The zero-order chi connectivity index (χ0) is 17.9. The number of rotatable bonds is 4. The van der Waals surface area contributed by atoms with E-state index >= 15 is 0 Å². The Bertz CT molecular complexity index is 792. The van der Waals surface area contributed by atoms with Gasteiger partial charge < -0.3 is 9.64 Å². The van der Waals surface area contributed by atoms with E-state index < -0.39 is 0 Å². The highest BCUT2D eigenvalue weighted by Crippen LogP contribution is 2.41. The highest BCUT2D eigenvalue weighted by atomic mass is 32.1. The fraction of sp³-hybridized carbons (Fsp3) is 0.524. The molecular formula is C21H25N3OS. The lowest BCUT2D eigenvalue weighted by Gasteiger charge is -2.22. The number of aromatic nitrogens is 2. The van der Waals surface area contributed by atoms with Crippen molar-refractivity contribution >= 4 is 11.7 Å². The summed E-state index contributed by atoms with van der Waals surface area (Å²) in [6.07, 6.45) is 2.41. The molecule has 1 aromatic carbocycles. The SMILES string of the molecule is CC(C)[C@H](C#Cc1ccccc1)Oc1nsnc1[C@H]1CN2CCC[C@H]1C2. The average Bonchev–Trinajstić information content (AvgIpc) is 3.22. The molecule has 4 rings (SSSR count). The van der Waals surface area contributed by atoms with E-state index in [1.165, 1.54) is 37.7 Å². The summed E-state index contributed by atoms with van der Waals surface area (Å²) in [4.78, 5) is 2.55. The summed E-state index contributed by atoms with van der Waals surface area (Å²) in [6, 6.07) is 10.1. The average molecular weight is 368 g/mol. The van der Waals surface area contributed by atoms with Crippen LogP contribution in [0.15, 0.2) is 30.3 Å². The topological polar surface area (TPSA) is 38.3 Å². The van der Waals surface area contributed by atoms with Crippen molar-refractivity contribution in [1.29, 1.82) is 0 Å². The molecule has 26 heavy (non-hydrogen) atoms. The number of nitrogens with zero attached hydrogens (tertiary/aromatic N) is 3. The normalized spacial score (nSPS) is 25.6. The molecule has 0 amide bonds. The monoisotopic (exact) mass is 367 g/mol. The van der Waals surface area contributed by atoms with Crippen molar-refractivity contribution in [3.63, 3.8) is 0 Å². The molecule has 0 N–H and O–H groups in total. The minimum Gasteiger partial charge on any atom is -0.459 e. The third-order valence-electron chi connectivity index (χ3n) is 5.38. The van der Waals surface area contributed by atoms with E-state index in [0.29, 0.717) is 17.7 Å². The van der Waals surface area contributed by atoms with Crippen molar-refractivity contribution in [1.82, 2.24) is 13.6 Å². The van der Waals surface area contributed by atoms with Crippen LogP contribution in [0.1, 0.15) is 43.9 Å². The van der Waals surface area contributed by atoms with E-state index in [2.05, 4.69) is 39.3 Å². The van der Waals surface area contributed by atoms with Crippen LogP contribution in [0.2, 0.25) is 0 Å². The first-order chi connectivity index (χ1) is 12.7. The Labute approximate surface area is 159 Å². The summed E-state index contributed by atoms with van der Waals surface area (Å²) < 4.78 is 15.4. The number of hydrogen-bond acceptors (Lipinski definition) is 5. The van der Waals surface area contributed by atoms with Gasteiger partial charge in [-0.3, -0.25) is 0 Å². The Morgan fingerprint density at radius 2 is 2.04 bits per heavy atom. The largest absolute Gasteiger partial charge is 0.459 e. The van der Waals surface area contributed by atoms with Gasteiger partial charge in [-0.15, -0.1) is 4.37 Å². The van der Waals surface area contributed by atoms with Gasteiger partial charge in [0.25, 0.3) is 5.88 Å². The zero-order valence-corrected chi connectivity index (χ0v) is 16.2. The molecule has 5 heteroatoms. The van der Waals surface area contributed by atoms with Crippen molar-refractivity contribution in [2.24, 2.45) is 11.8 Å². The molecule has 2 aliphatic heterocycles. The van der Waals surface area contributed by atoms with Crippen molar-refractivity contribution in [3.8, 4) is 17.7 Å². The molecule has 2 aliphatic rings. The maximum atomic E-state index is 6.27. The van der Waals surface area contributed by atoms with Gasteiger partial charge in [-0.05, 0) is 37.4 Å². The number of fused-ring (bicyclic) bond motifs is 2. The van der Waals surface area contributed by atoms with Crippen molar-refractivity contribution in [2.45, 2.75) is 38.7 Å². The molecule has 2 fully saturated rings. The Kier molecular flexibility index (Phi) is 5.23. The fourth-order valence-corrected chi connectivity index (χ4v) is 4.50. The van der Waals surface area contributed by atoms with E-state index in [0.717, 1.165) is 17.8 Å². The second-order valence-corrected chi connectivity index (χ2v) is 8.17. The standard InChI is InChI=1S/C21H25N3OS/c1-15(2)19(11-10-16-7-4-3-5-8-16)25-21-20(22-26-23-21)18-14-24-12-6-9-17(18)13-24/h3-5,7-8,15,17-19H,6,9,12-14H2,1-2H3/t17-,18-,19-/m0/s1. The maximum absolute atomic E-state index is 6.27. The van der Waals surface area contributed by atoms with Gasteiger partial charge in [-0.1, -0.05) is 43.9 Å². The molecule has 0 spiro atoms. The summed E-state index contributed by atoms with van der Waals surface area (Å²) >= 11 is 1.26. The number of hydrogen-bond donors (Lipinski definition) is 0. The van der Waals surface area contributed by atoms with Crippen LogP contribution in [0.3, 0.4) is 0 Å². The molecule has 0 saturated carbocycles. The van der Waals surface area contributed by atoms with Crippen LogP contribution < -0.4 is 4.74 Å². The maximum Gasteiger partial charge on any atom is 0.250 e. The van der Waals surface area contributed by atoms with Crippen LogP contribution in [0.25, 0.3) is 0 Å². The number of piperidine rings is 1. The molecule has 136 valence electrons. The zero-order valence-electron chi connectivity index (χ0n) is 15.4. The molecule has 0 aliphatic carbocycles. The Morgan fingerprint density at radius 1 is 1.19 bits per heavy atom. The summed E-state index contributed by atoms with van der Waals surface area (Å²) in [7, 11) is 0. The molecule has 2 aromatic rings. The van der Waals surface area contributed by atoms with Gasteiger partial charge in [0.1, 0.15) is 5.69 Å². The number of ether oxygens (including phenoxy) is 1. The van der Waals surface area contributed by atoms with E-state index in [1.54, 1.807) is 0 Å². The first-order valence-corrected chi connectivity index (χ1v) is 10.2. The Morgan fingerprint density at radius 3 is 2.81 bits per heavy atom. The van der Waals surface area contributed by atoms with Crippen LogP contribution in [0.4, 0.5) is 0 Å². The molecule has 2 bridgehead atoms. The first kappa shape index (κ1) is 17.5. The highest BCUT2D eigenvalue weighted by molar-refractivity contribution is 6.99. The minimum atomic E-state index is -0.182. The van der Waals surface area contributed by atoms with Gasteiger partial charge in [-0.2, -0.15) is 4.37 Å².